The molecule has 1 aromatic carbocycles. The zero-order valence-electron chi connectivity index (χ0n) is 12.3. The number of benzene rings is 1. The van der Waals surface area contributed by atoms with Crippen LogP contribution in [-0.2, 0) is 5.75 Å². The summed E-state index contributed by atoms with van der Waals surface area (Å²) in [7, 11) is 0. The summed E-state index contributed by atoms with van der Waals surface area (Å²) < 4.78 is 0. The molecule has 5 heteroatoms. The molecule has 0 aliphatic carbocycles. The van der Waals surface area contributed by atoms with Gasteiger partial charge in [0.2, 0.25) is 0 Å². The average Bonchev–Trinajstić information content (AvgIpc) is 2.63. The second kappa shape index (κ2) is 7.56. The molecule has 1 N–H and O–H groups in total. The molecule has 3 rings (SSSR count). The van der Waals surface area contributed by atoms with Gasteiger partial charge in [0.1, 0.15) is 0 Å². The average molecular weight is 321 g/mol. The summed E-state index contributed by atoms with van der Waals surface area (Å²) in [5, 5.41) is 2.87. The van der Waals surface area contributed by atoms with Crippen molar-refractivity contribution in [3.8, 4) is 0 Å². The van der Waals surface area contributed by atoms with Gasteiger partial charge in [0.25, 0.3) is 5.91 Å². The fourth-order valence-electron chi connectivity index (χ4n) is 1.99. The van der Waals surface area contributed by atoms with E-state index in [1.54, 1.807) is 42.5 Å². The van der Waals surface area contributed by atoms with Crippen LogP contribution >= 0.6 is 11.8 Å². The molecule has 0 bridgehead atoms. The van der Waals surface area contributed by atoms with Crippen molar-refractivity contribution >= 4 is 23.4 Å². The lowest BCUT2D eigenvalue weighted by molar-refractivity contribution is 0.102. The summed E-state index contributed by atoms with van der Waals surface area (Å²) in [5.74, 6) is 0.736. The Bertz CT molecular complexity index is 761. The van der Waals surface area contributed by atoms with E-state index < -0.39 is 0 Å². The smallest absolute Gasteiger partial charge is 0.255 e. The van der Waals surface area contributed by atoms with Gasteiger partial charge in [-0.1, -0.05) is 6.07 Å². The lowest BCUT2D eigenvalue weighted by Crippen LogP contribution is -2.11. The summed E-state index contributed by atoms with van der Waals surface area (Å²) in [5.41, 5.74) is 2.56. The molecule has 0 spiro atoms. The van der Waals surface area contributed by atoms with Gasteiger partial charge in [0.15, 0.2) is 0 Å². The van der Waals surface area contributed by atoms with Crippen LogP contribution in [0, 0.1) is 0 Å². The molecule has 0 radical (unpaired) electrons. The van der Waals surface area contributed by atoms with Crippen molar-refractivity contribution in [3.05, 3.63) is 84.4 Å². The molecule has 0 fully saturated rings. The first-order chi connectivity index (χ1) is 11.3. The van der Waals surface area contributed by atoms with Gasteiger partial charge in [0, 0.05) is 46.7 Å². The first-order valence-electron chi connectivity index (χ1n) is 7.14. The van der Waals surface area contributed by atoms with Crippen LogP contribution in [0.2, 0.25) is 0 Å². The number of carbonyl (C=O) groups excluding carboxylic acids is 1. The van der Waals surface area contributed by atoms with Gasteiger partial charge < -0.3 is 5.32 Å². The first-order valence-corrected chi connectivity index (χ1v) is 8.13. The van der Waals surface area contributed by atoms with Crippen LogP contribution in [0.25, 0.3) is 0 Å². The zero-order chi connectivity index (χ0) is 15.9. The van der Waals surface area contributed by atoms with Crippen molar-refractivity contribution in [2.45, 2.75) is 10.6 Å². The molecule has 0 aliphatic rings. The summed E-state index contributed by atoms with van der Waals surface area (Å²) >= 11 is 1.74. The maximum atomic E-state index is 12.1. The summed E-state index contributed by atoms with van der Waals surface area (Å²) in [4.78, 5) is 21.2. The van der Waals surface area contributed by atoms with Gasteiger partial charge in [-0.2, -0.15) is 0 Å². The first kappa shape index (κ1) is 15.2. The SMILES string of the molecule is O=C(Nc1ccc(SCc2cccnc2)cc1)c1ccncc1. The van der Waals surface area contributed by atoms with E-state index in [-0.39, 0.29) is 5.91 Å². The van der Waals surface area contributed by atoms with E-state index >= 15 is 0 Å². The summed E-state index contributed by atoms with van der Waals surface area (Å²) in [6.45, 7) is 0. The van der Waals surface area contributed by atoms with Crippen molar-refractivity contribution < 1.29 is 4.79 Å². The second-order valence-corrected chi connectivity index (χ2v) is 5.91. The largest absolute Gasteiger partial charge is 0.322 e. The lowest BCUT2D eigenvalue weighted by atomic mass is 10.2. The van der Waals surface area contributed by atoms with Gasteiger partial charge in [0.05, 0.1) is 0 Å². The normalized spacial score (nSPS) is 10.3. The van der Waals surface area contributed by atoms with Crippen molar-refractivity contribution in [3.63, 3.8) is 0 Å². The number of anilines is 1. The number of nitrogens with one attached hydrogen (secondary N) is 1. The topological polar surface area (TPSA) is 54.9 Å². The van der Waals surface area contributed by atoms with Crippen molar-refractivity contribution in [2.75, 3.05) is 5.32 Å². The van der Waals surface area contributed by atoms with Gasteiger partial charge in [-0.3, -0.25) is 14.8 Å². The van der Waals surface area contributed by atoms with E-state index in [4.69, 9.17) is 0 Å². The molecule has 114 valence electrons. The number of carbonyl (C=O) groups is 1. The Labute approximate surface area is 139 Å². The number of hydrogen-bond acceptors (Lipinski definition) is 4. The van der Waals surface area contributed by atoms with E-state index in [0.29, 0.717) is 5.56 Å². The van der Waals surface area contributed by atoms with Gasteiger partial charge in [-0.25, -0.2) is 0 Å². The predicted molar refractivity (Wildman–Crippen MR) is 92.4 cm³/mol. The number of pyridine rings is 2. The molecular formula is C18H15N3OS. The fourth-order valence-corrected chi connectivity index (χ4v) is 2.82. The third kappa shape index (κ3) is 4.40. The monoisotopic (exact) mass is 321 g/mol. The Morgan fingerprint density at radius 2 is 1.74 bits per heavy atom. The van der Waals surface area contributed by atoms with Crippen molar-refractivity contribution in [1.82, 2.24) is 9.97 Å². The molecule has 3 aromatic rings. The lowest BCUT2D eigenvalue weighted by Gasteiger charge is -2.06. The molecule has 0 aliphatic heterocycles. The molecular weight excluding hydrogens is 306 g/mol. The number of aromatic nitrogens is 2. The van der Waals surface area contributed by atoms with Gasteiger partial charge in [-0.15, -0.1) is 11.8 Å². The Balaban J connectivity index is 1.58. The van der Waals surface area contributed by atoms with Gasteiger partial charge in [-0.05, 0) is 48.0 Å². The standard InChI is InChI=1S/C18H15N3OS/c22-18(15-7-10-19-11-8-15)21-16-3-5-17(6-4-16)23-13-14-2-1-9-20-12-14/h1-12H,13H2,(H,21,22). The minimum absolute atomic E-state index is 0.136. The van der Waals surface area contributed by atoms with E-state index in [2.05, 4.69) is 21.4 Å². The van der Waals surface area contributed by atoms with Crippen molar-refractivity contribution in [1.29, 1.82) is 0 Å². The zero-order valence-corrected chi connectivity index (χ0v) is 13.2. The van der Waals surface area contributed by atoms with Gasteiger partial charge >= 0.3 is 0 Å². The molecule has 23 heavy (non-hydrogen) atoms. The van der Waals surface area contributed by atoms with Crippen molar-refractivity contribution in [2.24, 2.45) is 0 Å². The van der Waals surface area contributed by atoms with Crippen LogP contribution in [0.15, 0.2) is 78.2 Å². The molecule has 2 aromatic heterocycles. The number of rotatable bonds is 5. The maximum Gasteiger partial charge on any atom is 0.255 e. The second-order valence-electron chi connectivity index (χ2n) is 4.86. The highest BCUT2D eigenvalue weighted by Gasteiger charge is 2.05. The van der Waals surface area contributed by atoms with Crippen LogP contribution in [0.4, 0.5) is 5.69 Å². The third-order valence-electron chi connectivity index (χ3n) is 3.18. The van der Waals surface area contributed by atoms with Crippen LogP contribution in [0.3, 0.4) is 0 Å². The highest BCUT2D eigenvalue weighted by molar-refractivity contribution is 7.98. The quantitative estimate of drug-likeness (QED) is 0.721. The Morgan fingerprint density at radius 3 is 2.43 bits per heavy atom. The fraction of sp³-hybridized carbons (Fsp3) is 0.0556. The van der Waals surface area contributed by atoms with Crippen LogP contribution in [0.1, 0.15) is 15.9 Å². The molecule has 0 saturated carbocycles. The highest BCUT2D eigenvalue weighted by atomic mass is 32.2. The third-order valence-corrected chi connectivity index (χ3v) is 4.27. The minimum atomic E-state index is -0.136. The highest BCUT2D eigenvalue weighted by Crippen LogP contribution is 2.24. The predicted octanol–water partition coefficient (Wildman–Crippen LogP) is 4.02. The van der Waals surface area contributed by atoms with E-state index in [0.717, 1.165) is 16.3 Å². The molecule has 4 nitrogen and oxygen atoms in total. The Kier molecular flexibility index (Phi) is 5.01. The molecule has 0 saturated heterocycles. The number of nitrogens with zero attached hydrogens (tertiary/aromatic N) is 2. The van der Waals surface area contributed by atoms with Crippen LogP contribution < -0.4 is 5.32 Å². The van der Waals surface area contributed by atoms with E-state index in [1.165, 1.54) is 5.56 Å². The number of hydrogen-bond donors (Lipinski definition) is 1. The van der Waals surface area contributed by atoms with Crippen LogP contribution in [-0.4, -0.2) is 15.9 Å². The molecule has 1 amide bonds. The number of thioether (sulfide) groups is 1. The summed E-state index contributed by atoms with van der Waals surface area (Å²) in [6, 6.07) is 15.2. The molecule has 2 heterocycles. The molecule has 0 atom stereocenters. The minimum Gasteiger partial charge on any atom is -0.322 e. The molecule has 0 unspecified atom stereocenters. The number of amides is 1. The van der Waals surface area contributed by atoms with E-state index in [1.807, 2.05) is 36.5 Å². The summed E-state index contributed by atoms with van der Waals surface area (Å²) in [6.07, 6.45) is 6.85. The Hall–Kier alpha value is -2.66. The Morgan fingerprint density at radius 1 is 0.957 bits per heavy atom. The van der Waals surface area contributed by atoms with Crippen LogP contribution in [0.5, 0.6) is 0 Å². The van der Waals surface area contributed by atoms with E-state index in [9.17, 15) is 4.79 Å². The maximum absolute atomic E-state index is 12.1.